The molecule has 0 amide bonds. The van der Waals surface area contributed by atoms with Gasteiger partial charge < -0.3 is 14.7 Å². The molecule has 1 atom stereocenters. The third-order valence-electron chi connectivity index (χ3n) is 3.68. The highest BCUT2D eigenvalue weighted by atomic mass is 35.5. The summed E-state index contributed by atoms with van der Waals surface area (Å²) in [6.07, 6.45) is 0.416. The van der Waals surface area contributed by atoms with Crippen molar-refractivity contribution in [1.82, 2.24) is 0 Å². The second-order valence-electron chi connectivity index (χ2n) is 5.21. The van der Waals surface area contributed by atoms with Gasteiger partial charge in [0.25, 0.3) is 0 Å². The van der Waals surface area contributed by atoms with Crippen LogP contribution in [0.1, 0.15) is 25.0 Å². The van der Waals surface area contributed by atoms with E-state index in [0.717, 1.165) is 35.7 Å². The Morgan fingerprint density at radius 1 is 1.19 bits per heavy atom. The van der Waals surface area contributed by atoms with Crippen LogP contribution >= 0.6 is 11.6 Å². The lowest BCUT2D eigenvalue weighted by Crippen LogP contribution is -2.18. The molecule has 0 bridgehead atoms. The van der Waals surface area contributed by atoms with Crippen molar-refractivity contribution in [3.63, 3.8) is 0 Å². The number of aliphatic hydroxyl groups is 1. The van der Waals surface area contributed by atoms with Crippen LogP contribution < -0.4 is 9.64 Å². The van der Waals surface area contributed by atoms with Crippen molar-refractivity contribution >= 4 is 23.0 Å². The zero-order valence-corrected chi connectivity index (χ0v) is 12.7. The lowest BCUT2D eigenvalue weighted by molar-refractivity contribution is 0.199. The number of ether oxygens (including phenoxy) is 1. The molecule has 21 heavy (non-hydrogen) atoms. The standard InChI is InChI=1S/C17H18ClNO2/c1-12(20)13-7-8-15(14(18)11-13)19-9-4-10-21-17-6-3-2-5-16(17)19/h2-3,5-8,11-12,20H,4,9-10H2,1H3/t12-/m0/s1. The quantitative estimate of drug-likeness (QED) is 0.897. The number of nitrogens with zero attached hydrogens (tertiary/aromatic N) is 1. The van der Waals surface area contributed by atoms with Crippen LogP contribution in [-0.2, 0) is 0 Å². The van der Waals surface area contributed by atoms with Gasteiger partial charge in [0.05, 0.1) is 29.1 Å². The van der Waals surface area contributed by atoms with E-state index in [2.05, 4.69) is 4.90 Å². The predicted octanol–water partition coefficient (Wildman–Crippen LogP) is 4.31. The van der Waals surface area contributed by atoms with Crippen LogP contribution in [0.15, 0.2) is 42.5 Å². The fourth-order valence-corrected chi connectivity index (χ4v) is 2.87. The molecule has 2 aromatic rings. The third-order valence-corrected chi connectivity index (χ3v) is 3.99. The van der Waals surface area contributed by atoms with Gasteiger partial charge in [-0.05, 0) is 43.2 Å². The number of anilines is 2. The average Bonchev–Trinajstić information content (AvgIpc) is 2.69. The van der Waals surface area contributed by atoms with Crippen molar-refractivity contribution in [2.24, 2.45) is 0 Å². The zero-order valence-electron chi connectivity index (χ0n) is 11.9. The number of para-hydroxylation sites is 2. The molecule has 3 rings (SSSR count). The minimum Gasteiger partial charge on any atom is -0.491 e. The second kappa shape index (κ2) is 5.96. The third kappa shape index (κ3) is 2.85. The van der Waals surface area contributed by atoms with E-state index in [1.807, 2.05) is 42.5 Å². The molecule has 0 fully saturated rings. The summed E-state index contributed by atoms with van der Waals surface area (Å²) < 4.78 is 5.78. The highest BCUT2D eigenvalue weighted by Gasteiger charge is 2.19. The van der Waals surface area contributed by atoms with Gasteiger partial charge in [0, 0.05) is 6.54 Å². The van der Waals surface area contributed by atoms with Crippen LogP contribution in [0, 0.1) is 0 Å². The number of rotatable bonds is 2. The summed E-state index contributed by atoms with van der Waals surface area (Å²) in [5, 5.41) is 10.3. The summed E-state index contributed by atoms with van der Waals surface area (Å²) in [6.45, 7) is 3.29. The van der Waals surface area contributed by atoms with E-state index in [1.54, 1.807) is 6.92 Å². The maximum Gasteiger partial charge on any atom is 0.142 e. The van der Waals surface area contributed by atoms with Crippen molar-refractivity contribution in [3.05, 3.63) is 53.1 Å². The summed E-state index contributed by atoms with van der Waals surface area (Å²) in [4.78, 5) is 2.18. The first-order valence-corrected chi connectivity index (χ1v) is 7.51. The largest absolute Gasteiger partial charge is 0.491 e. The monoisotopic (exact) mass is 303 g/mol. The normalized spacial score (nSPS) is 15.9. The fraction of sp³-hybridized carbons (Fsp3) is 0.294. The Hall–Kier alpha value is -1.71. The molecule has 1 heterocycles. The molecule has 1 N–H and O–H groups in total. The van der Waals surface area contributed by atoms with Gasteiger partial charge in [-0.3, -0.25) is 0 Å². The van der Waals surface area contributed by atoms with E-state index in [9.17, 15) is 5.11 Å². The number of benzene rings is 2. The number of hydrogen-bond donors (Lipinski definition) is 1. The first-order chi connectivity index (χ1) is 10.2. The summed E-state index contributed by atoms with van der Waals surface area (Å²) in [5.41, 5.74) is 2.80. The van der Waals surface area contributed by atoms with Gasteiger partial charge >= 0.3 is 0 Å². The Labute approximate surface area is 129 Å². The Morgan fingerprint density at radius 2 is 2.00 bits per heavy atom. The number of fused-ring (bicyclic) bond motifs is 1. The SMILES string of the molecule is C[C@H](O)c1ccc(N2CCCOc3ccccc32)c(Cl)c1. The van der Waals surface area contributed by atoms with E-state index in [4.69, 9.17) is 16.3 Å². The molecule has 110 valence electrons. The Bertz CT molecular complexity index is 642. The van der Waals surface area contributed by atoms with Crippen LogP contribution in [-0.4, -0.2) is 18.3 Å². The van der Waals surface area contributed by atoms with Gasteiger partial charge in [0.15, 0.2) is 0 Å². The molecule has 3 nitrogen and oxygen atoms in total. The molecule has 2 aromatic carbocycles. The van der Waals surface area contributed by atoms with Crippen LogP contribution in [0.4, 0.5) is 11.4 Å². The van der Waals surface area contributed by atoms with Crippen molar-refractivity contribution in [2.45, 2.75) is 19.4 Å². The molecule has 0 aliphatic carbocycles. The minimum atomic E-state index is -0.517. The van der Waals surface area contributed by atoms with Gasteiger partial charge in [-0.15, -0.1) is 0 Å². The van der Waals surface area contributed by atoms with Crippen LogP contribution in [0.25, 0.3) is 0 Å². The predicted molar refractivity (Wildman–Crippen MR) is 85.6 cm³/mol. The van der Waals surface area contributed by atoms with Crippen LogP contribution in [0.5, 0.6) is 5.75 Å². The summed E-state index contributed by atoms with van der Waals surface area (Å²) >= 11 is 6.43. The molecule has 4 heteroatoms. The van der Waals surface area contributed by atoms with Gasteiger partial charge in [-0.2, -0.15) is 0 Å². The summed E-state index contributed by atoms with van der Waals surface area (Å²) in [7, 11) is 0. The zero-order chi connectivity index (χ0) is 14.8. The first kappa shape index (κ1) is 14.2. The molecule has 0 radical (unpaired) electrons. The average molecular weight is 304 g/mol. The Balaban J connectivity index is 2.04. The molecule has 0 aromatic heterocycles. The number of hydrogen-bond acceptors (Lipinski definition) is 3. The van der Waals surface area contributed by atoms with Gasteiger partial charge in [0.2, 0.25) is 0 Å². The molecule has 1 aliphatic heterocycles. The van der Waals surface area contributed by atoms with Gasteiger partial charge in [-0.25, -0.2) is 0 Å². The summed E-state index contributed by atoms with van der Waals surface area (Å²) in [5.74, 6) is 0.880. The first-order valence-electron chi connectivity index (χ1n) is 7.13. The molecule has 0 spiro atoms. The Morgan fingerprint density at radius 3 is 2.76 bits per heavy atom. The van der Waals surface area contributed by atoms with Crippen molar-refractivity contribution in [1.29, 1.82) is 0 Å². The maximum absolute atomic E-state index is 9.66. The highest BCUT2D eigenvalue weighted by molar-refractivity contribution is 6.33. The van der Waals surface area contributed by atoms with Crippen LogP contribution in [0.2, 0.25) is 5.02 Å². The molecule has 0 saturated heterocycles. The molecule has 0 saturated carbocycles. The second-order valence-corrected chi connectivity index (χ2v) is 5.62. The minimum absolute atomic E-state index is 0.517. The highest BCUT2D eigenvalue weighted by Crippen LogP contribution is 2.39. The summed E-state index contributed by atoms with van der Waals surface area (Å²) in [6, 6.07) is 13.7. The topological polar surface area (TPSA) is 32.7 Å². The van der Waals surface area contributed by atoms with Crippen LogP contribution in [0.3, 0.4) is 0 Å². The van der Waals surface area contributed by atoms with E-state index < -0.39 is 6.10 Å². The maximum atomic E-state index is 9.66. The fourth-order valence-electron chi connectivity index (χ4n) is 2.58. The lowest BCUT2D eigenvalue weighted by Gasteiger charge is -2.25. The number of halogens is 1. The van der Waals surface area contributed by atoms with Crippen molar-refractivity contribution in [2.75, 3.05) is 18.1 Å². The lowest BCUT2D eigenvalue weighted by atomic mass is 10.1. The van der Waals surface area contributed by atoms with Crippen molar-refractivity contribution in [3.8, 4) is 5.75 Å². The van der Waals surface area contributed by atoms with E-state index >= 15 is 0 Å². The molecular weight excluding hydrogens is 286 g/mol. The van der Waals surface area contributed by atoms with E-state index in [0.29, 0.717) is 11.6 Å². The molecule has 1 aliphatic rings. The smallest absolute Gasteiger partial charge is 0.142 e. The van der Waals surface area contributed by atoms with Gasteiger partial charge in [-0.1, -0.05) is 29.8 Å². The molecular formula is C17H18ClNO2. The van der Waals surface area contributed by atoms with Crippen molar-refractivity contribution < 1.29 is 9.84 Å². The molecule has 0 unspecified atom stereocenters. The van der Waals surface area contributed by atoms with Gasteiger partial charge in [0.1, 0.15) is 5.75 Å². The van der Waals surface area contributed by atoms with E-state index in [1.165, 1.54) is 0 Å². The Kier molecular flexibility index (Phi) is 4.04. The number of aliphatic hydroxyl groups excluding tert-OH is 1. The van der Waals surface area contributed by atoms with E-state index in [-0.39, 0.29) is 0 Å².